The van der Waals surface area contributed by atoms with Crippen molar-refractivity contribution < 1.29 is 22.9 Å². The molecule has 3 rings (SSSR count). The molecule has 1 saturated carbocycles. The summed E-state index contributed by atoms with van der Waals surface area (Å²) in [5, 5.41) is 22.1. The fourth-order valence-electron chi connectivity index (χ4n) is 2.66. The van der Waals surface area contributed by atoms with E-state index in [4.69, 9.17) is 11.6 Å². The third-order valence-electron chi connectivity index (χ3n) is 4.04. The molecule has 1 amide bonds. The lowest BCUT2D eigenvalue weighted by Gasteiger charge is -2.07. The number of rotatable bonds is 7. The number of nitro groups is 1. The molecule has 0 radical (unpaired) electrons. The van der Waals surface area contributed by atoms with Crippen molar-refractivity contribution in [3.05, 3.63) is 38.4 Å². The molecular formula is C14H14ClF3N6O3. The van der Waals surface area contributed by atoms with Gasteiger partial charge in [-0.3, -0.25) is 24.7 Å². The predicted molar refractivity (Wildman–Crippen MR) is 86.4 cm³/mol. The second-order valence-electron chi connectivity index (χ2n) is 6.04. The number of H-pyrrole nitrogens is 1. The van der Waals surface area contributed by atoms with E-state index < -0.39 is 28.4 Å². The highest BCUT2D eigenvalue weighted by molar-refractivity contribution is 6.32. The minimum absolute atomic E-state index is 0.0386. The van der Waals surface area contributed by atoms with Gasteiger partial charge in [-0.25, -0.2) is 0 Å². The van der Waals surface area contributed by atoms with Crippen LogP contribution in [0.15, 0.2) is 6.20 Å². The summed E-state index contributed by atoms with van der Waals surface area (Å²) in [7, 11) is 0. The third kappa shape index (κ3) is 4.04. The molecule has 0 atom stereocenters. The van der Waals surface area contributed by atoms with Gasteiger partial charge in [-0.1, -0.05) is 11.6 Å². The number of halogens is 4. The SMILES string of the molecule is O=C(NCCCn1nc(C(F)(F)F)c(Cl)c1C1CC1)c1[nH]ncc1[N+](=O)[O-]. The number of aromatic nitrogens is 4. The lowest BCUT2D eigenvalue weighted by Crippen LogP contribution is -2.26. The number of hydrogen-bond donors (Lipinski definition) is 2. The van der Waals surface area contributed by atoms with Gasteiger partial charge in [0.2, 0.25) is 5.69 Å². The number of nitrogens with zero attached hydrogens (tertiary/aromatic N) is 4. The zero-order chi connectivity index (χ0) is 19.8. The van der Waals surface area contributed by atoms with E-state index in [-0.39, 0.29) is 36.1 Å². The molecule has 27 heavy (non-hydrogen) atoms. The molecule has 9 nitrogen and oxygen atoms in total. The maximum Gasteiger partial charge on any atom is 0.436 e. The molecule has 1 aliphatic carbocycles. The van der Waals surface area contributed by atoms with Crippen LogP contribution in [0.5, 0.6) is 0 Å². The van der Waals surface area contributed by atoms with Crippen molar-refractivity contribution in [2.75, 3.05) is 6.54 Å². The van der Waals surface area contributed by atoms with E-state index in [9.17, 15) is 28.1 Å². The molecule has 0 spiro atoms. The van der Waals surface area contributed by atoms with Gasteiger partial charge in [0.05, 0.1) is 15.6 Å². The van der Waals surface area contributed by atoms with E-state index >= 15 is 0 Å². The summed E-state index contributed by atoms with van der Waals surface area (Å²) in [6.45, 7) is 0.199. The number of amides is 1. The molecule has 2 heterocycles. The van der Waals surface area contributed by atoms with Gasteiger partial charge in [-0.2, -0.15) is 23.4 Å². The van der Waals surface area contributed by atoms with Crippen LogP contribution in [-0.4, -0.2) is 37.4 Å². The van der Waals surface area contributed by atoms with Crippen LogP contribution >= 0.6 is 11.6 Å². The van der Waals surface area contributed by atoms with Crippen LogP contribution in [0.2, 0.25) is 5.02 Å². The molecule has 2 aromatic rings. The highest BCUT2D eigenvalue weighted by atomic mass is 35.5. The minimum Gasteiger partial charge on any atom is -0.350 e. The zero-order valence-corrected chi connectivity index (χ0v) is 14.5. The number of hydrogen-bond acceptors (Lipinski definition) is 5. The highest BCUT2D eigenvalue weighted by Crippen LogP contribution is 2.46. The Labute approximate surface area is 155 Å². The molecule has 2 N–H and O–H groups in total. The number of nitrogens with one attached hydrogen (secondary N) is 2. The van der Waals surface area contributed by atoms with E-state index in [0.717, 1.165) is 19.0 Å². The smallest absolute Gasteiger partial charge is 0.350 e. The first-order chi connectivity index (χ1) is 12.7. The third-order valence-corrected chi connectivity index (χ3v) is 4.41. The van der Waals surface area contributed by atoms with Crippen LogP contribution < -0.4 is 5.32 Å². The maximum atomic E-state index is 13.0. The van der Waals surface area contributed by atoms with Crippen molar-refractivity contribution in [3.63, 3.8) is 0 Å². The normalized spacial score (nSPS) is 14.4. The molecule has 1 aliphatic rings. The lowest BCUT2D eigenvalue weighted by atomic mass is 10.2. The van der Waals surface area contributed by atoms with Crippen LogP contribution in [0, 0.1) is 10.1 Å². The quantitative estimate of drug-likeness (QED) is 0.416. The molecule has 13 heteroatoms. The Bertz CT molecular complexity index is 874. The molecule has 146 valence electrons. The first kappa shape index (κ1) is 19.1. The fraction of sp³-hybridized carbons (Fsp3) is 0.500. The van der Waals surface area contributed by atoms with Gasteiger partial charge in [-0.15, -0.1) is 0 Å². The van der Waals surface area contributed by atoms with Crippen molar-refractivity contribution in [1.82, 2.24) is 25.3 Å². The topological polar surface area (TPSA) is 119 Å². The number of aromatic amines is 1. The molecule has 1 fully saturated rings. The van der Waals surface area contributed by atoms with Crippen LogP contribution in [0.3, 0.4) is 0 Å². The van der Waals surface area contributed by atoms with Crippen molar-refractivity contribution >= 4 is 23.2 Å². The van der Waals surface area contributed by atoms with E-state index in [2.05, 4.69) is 20.6 Å². The van der Waals surface area contributed by atoms with Crippen molar-refractivity contribution in [3.8, 4) is 0 Å². The van der Waals surface area contributed by atoms with Gasteiger partial charge < -0.3 is 5.32 Å². The second-order valence-corrected chi connectivity index (χ2v) is 6.42. The van der Waals surface area contributed by atoms with E-state index in [0.29, 0.717) is 5.69 Å². The summed E-state index contributed by atoms with van der Waals surface area (Å²) in [5.41, 5.74) is -1.50. The average Bonchev–Trinajstić information content (AvgIpc) is 3.17. The van der Waals surface area contributed by atoms with Gasteiger partial charge in [0.1, 0.15) is 6.20 Å². The molecule has 0 aliphatic heterocycles. The molecule has 0 aromatic carbocycles. The number of aryl methyl sites for hydroxylation is 1. The average molecular weight is 407 g/mol. The Morgan fingerprint density at radius 2 is 2.19 bits per heavy atom. The summed E-state index contributed by atoms with van der Waals surface area (Å²) in [4.78, 5) is 22.0. The van der Waals surface area contributed by atoms with Gasteiger partial charge in [0.25, 0.3) is 5.91 Å². The van der Waals surface area contributed by atoms with Crippen LogP contribution in [0.4, 0.5) is 18.9 Å². The van der Waals surface area contributed by atoms with Gasteiger partial charge in [0, 0.05) is 19.0 Å². The van der Waals surface area contributed by atoms with Gasteiger partial charge >= 0.3 is 11.9 Å². The lowest BCUT2D eigenvalue weighted by molar-refractivity contribution is -0.385. The Morgan fingerprint density at radius 3 is 2.78 bits per heavy atom. The molecule has 0 unspecified atom stereocenters. The van der Waals surface area contributed by atoms with E-state index in [1.807, 2.05) is 0 Å². The summed E-state index contributed by atoms with van der Waals surface area (Å²) in [5.74, 6) is -0.764. The van der Waals surface area contributed by atoms with Gasteiger partial charge in [-0.05, 0) is 19.3 Å². The van der Waals surface area contributed by atoms with Crippen LogP contribution in [0.1, 0.15) is 47.1 Å². The van der Waals surface area contributed by atoms with Crippen molar-refractivity contribution in [1.29, 1.82) is 0 Å². The number of alkyl halides is 3. The first-order valence-electron chi connectivity index (χ1n) is 7.99. The predicted octanol–water partition coefficient (Wildman–Crippen LogP) is 2.88. The molecular weight excluding hydrogens is 393 g/mol. The van der Waals surface area contributed by atoms with E-state index in [1.165, 1.54) is 4.68 Å². The second kappa shape index (κ2) is 7.18. The van der Waals surface area contributed by atoms with Crippen molar-refractivity contribution in [2.24, 2.45) is 0 Å². The number of carbonyl (C=O) groups excluding carboxylic acids is 1. The first-order valence-corrected chi connectivity index (χ1v) is 8.37. The fourth-order valence-corrected chi connectivity index (χ4v) is 3.05. The molecule has 0 saturated heterocycles. The summed E-state index contributed by atoms with van der Waals surface area (Å²) < 4.78 is 40.2. The monoisotopic (exact) mass is 406 g/mol. The Hall–Kier alpha value is -2.63. The summed E-state index contributed by atoms with van der Waals surface area (Å²) in [6.07, 6.45) is -1.95. The highest BCUT2D eigenvalue weighted by Gasteiger charge is 2.41. The van der Waals surface area contributed by atoms with E-state index in [1.54, 1.807) is 0 Å². The van der Waals surface area contributed by atoms with Crippen molar-refractivity contribution in [2.45, 2.75) is 37.9 Å². The van der Waals surface area contributed by atoms with Crippen LogP contribution in [0.25, 0.3) is 0 Å². The Balaban J connectivity index is 1.62. The maximum absolute atomic E-state index is 13.0. The number of carbonyl (C=O) groups is 1. The summed E-state index contributed by atoms with van der Waals surface area (Å²) in [6, 6.07) is 0. The minimum atomic E-state index is -4.64. The van der Waals surface area contributed by atoms with Crippen LogP contribution in [-0.2, 0) is 12.7 Å². The zero-order valence-electron chi connectivity index (χ0n) is 13.7. The summed E-state index contributed by atoms with van der Waals surface area (Å²) >= 11 is 5.88. The molecule has 0 bridgehead atoms. The molecule has 2 aromatic heterocycles. The standard InChI is InChI=1S/C14H14ClF3N6O3/c15-9-11(7-2-3-7)23(22-12(9)14(16,17)18)5-1-4-19-13(25)10-8(24(26)27)6-20-21-10/h6-7H,1-5H2,(H,19,25)(H,20,21). The largest absolute Gasteiger partial charge is 0.436 e. The van der Waals surface area contributed by atoms with Gasteiger partial charge in [0.15, 0.2) is 5.69 Å². The Morgan fingerprint density at radius 1 is 1.48 bits per heavy atom. The Kier molecular flexibility index (Phi) is 5.09.